The summed E-state index contributed by atoms with van der Waals surface area (Å²) in [5, 5.41) is 1.78. The molecule has 0 radical (unpaired) electrons. The van der Waals surface area contributed by atoms with Gasteiger partial charge in [-0.25, -0.2) is 0 Å². The fraction of sp³-hybridized carbons (Fsp3) is 0.333. The van der Waals surface area contributed by atoms with E-state index >= 15 is 0 Å². The van der Waals surface area contributed by atoms with E-state index in [1.807, 2.05) is 0 Å². The van der Waals surface area contributed by atoms with Gasteiger partial charge < -0.3 is 4.90 Å². The molecule has 2 aromatic rings. The average Bonchev–Trinajstić information content (AvgIpc) is 2.37. The first kappa shape index (κ1) is 15.1. The molecule has 2 heteroatoms. The number of rotatable bonds is 3. The van der Waals surface area contributed by atoms with E-state index in [9.17, 15) is 0 Å². The van der Waals surface area contributed by atoms with Crippen LogP contribution in [0.15, 0.2) is 48.5 Å². The molecule has 0 spiro atoms. The number of hydrogen-bond acceptors (Lipinski definition) is 1. The van der Waals surface area contributed by atoms with Crippen molar-refractivity contribution in [3.63, 3.8) is 0 Å². The van der Waals surface area contributed by atoms with Gasteiger partial charge in [0.05, 0.1) is 0 Å². The van der Waals surface area contributed by atoms with Gasteiger partial charge in [-0.3, -0.25) is 0 Å². The highest BCUT2D eigenvalue weighted by Crippen LogP contribution is 2.36. The van der Waals surface area contributed by atoms with Crippen molar-refractivity contribution in [2.75, 3.05) is 19.0 Å². The van der Waals surface area contributed by atoms with Gasteiger partial charge in [-0.05, 0) is 22.1 Å². The molecule has 106 valence electrons. The lowest BCUT2D eigenvalue weighted by atomic mass is 10.0. The van der Waals surface area contributed by atoms with Crippen LogP contribution in [0.25, 0.3) is 11.1 Å². The molecule has 0 aliphatic rings. The van der Waals surface area contributed by atoms with Crippen molar-refractivity contribution in [3.8, 4) is 11.1 Å². The summed E-state index contributed by atoms with van der Waals surface area (Å²) in [5.41, 5.74) is 3.97. The lowest BCUT2D eigenvalue weighted by Gasteiger charge is -2.23. The van der Waals surface area contributed by atoms with Crippen molar-refractivity contribution in [2.45, 2.75) is 25.9 Å². The molecule has 0 fully saturated rings. The smallest absolute Gasteiger partial charge is 0.0440 e. The molecule has 0 bridgehead atoms. The Kier molecular flexibility index (Phi) is 4.50. The second-order valence-electron chi connectivity index (χ2n) is 6.33. The highest BCUT2D eigenvalue weighted by molar-refractivity contribution is 7.49. The highest BCUT2D eigenvalue weighted by atomic mass is 31.1. The van der Waals surface area contributed by atoms with Crippen molar-refractivity contribution < 1.29 is 0 Å². The maximum Gasteiger partial charge on any atom is 0.0440 e. The summed E-state index contributed by atoms with van der Waals surface area (Å²) in [4.78, 5) is 2.19. The molecule has 0 heterocycles. The molecule has 0 N–H and O–H groups in total. The summed E-state index contributed by atoms with van der Waals surface area (Å²) < 4.78 is 0. The minimum absolute atomic E-state index is 0.323. The van der Waals surface area contributed by atoms with E-state index in [0.717, 1.165) is 8.58 Å². The van der Waals surface area contributed by atoms with Gasteiger partial charge in [0.1, 0.15) is 0 Å². The second kappa shape index (κ2) is 5.97. The molecule has 2 rings (SSSR count). The minimum atomic E-state index is 0.323. The number of para-hydroxylation sites is 1. The molecular weight excluding hydrogens is 261 g/mol. The summed E-state index contributed by atoms with van der Waals surface area (Å²) >= 11 is 0. The Labute approximate surface area is 124 Å². The average molecular weight is 285 g/mol. The molecule has 0 saturated carbocycles. The van der Waals surface area contributed by atoms with Crippen LogP contribution in [0.4, 0.5) is 5.69 Å². The van der Waals surface area contributed by atoms with Crippen LogP contribution < -0.4 is 10.2 Å². The molecule has 0 aliphatic carbocycles. The monoisotopic (exact) mass is 285 g/mol. The number of anilines is 1. The van der Waals surface area contributed by atoms with Gasteiger partial charge in [0.2, 0.25) is 0 Å². The van der Waals surface area contributed by atoms with Crippen molar-refractivity contribution in [3.05, 3.63) is 48.5 Å². The zero-order valence-corrected chi connectivity index (χ0v) is 14.1. The van der Waals surface area contributed by atoms with Gasteiger partial charge >= 0.3 is 0 Å². The molecule has 0 amide bonds. The quantitative estimate of drug-likeness (QED) is 0.749. The van der Waals surface area contributed by atoms with Gasteiger partial charge in [0.25, 0.3) is 0 Å². The van der Waals surface area contributed by atoms with Crippen LogP contribution in [-0.4, -0.2) is 19.3 Å². The van der Waals surface area contributed by atoms with E-state index in [-0.39, 0.29) is 0 Å². The summed E-state index contributed by atoms with van der Waals surface area (Å²) in [6.45, 7) is 6.92. The zero-order chi connectivity index (χ0) is 14.8. The van der Waals surface area contributed by atoms with E-state index < -0.39 is 0 Å². The van der Waals surface area contributed by atoms with Crippen LogP contribution >= 0.6 is 8.58 Å². The van der Waals surface area contributed by atoms with Crippen LogP contribution in [-0.2, 0) is 0 Å². The van der Waals surface area contributed by atoms with Gasteiger partial charge in [-0.1, -0.05) is 71.8 Å². The summed E-state index contributed by atoms with van der Waals surface area (Å²) in [5.74, 6) is 0. The first-order valence-electron chi connectivity index (χ1n) is 7.02. The Hall–Kier alpha value is -1.33. The Bertz CT molecular complexity index is 582. The van der Waals surface area contributed by atoms with Gasteiger partial charge in [0.15, 0.2) is 0 Å². The largest absolute Gasteiger partial charge is 0.377 e. The fourth-order valence-corrected chi connectivity index (χ4v) is 3.66. The van der Waals surface area contributed by atoms with E-state index in [4.69, 9.17) is 0 Å². The molecule has 1 unspecified atom stereocenters. The molecule has 2 aromatic carbocycles. The number of benzene rings is 2. The van der Waals surface area contributed by atoms with Gasteiger partial charge in [0, 0.05) is 25.3 Å². The Morgan fingerprint density at radius 3 is 1.95 bits per heavy atom. The Morgan fingerprint density at radius 2 is 1.35 bits per heavy atom. The predicted octanol–water partition coefficient (Wildman–Crippen LogP) is 4.52. The second-order valence-corrected chi connectivity index (χ2v) is 8.62. The maximum absolute atomic E-state index is 2.31. The number of nitrogens with zero attached hydrogens (tertiary/aromatic N) is 1. The number of hydrogen-bond donors (Lipinski definition) is 0. The SMILES string of the molecule is CN(C)c1ccccc1-c1ccccc1PC(C)(C)C. The highest BCUT2D eigenvalue weighted by Gasteiger charge is 2.16. The van der Waals surface area contributed by atoms with Crippen molar-refractivity contribution in [1.82, 2.24) is 0 Å². The molecule has 1 nitrogen and oxygen atoms in total. The maximum atomic E-state index is 2.31. The van der Waals surface area contributed by atoms with Crippen molar-refractivity contribution >= 4 is 19.6 Å². The topological polar surface area (TPSA) is 3.24 Å². The lowest BCUT2D eigenvalue weighted by Crippen LogP contribution is -2.15. The van der Waals surface area contributed by atoms with Crippen LogP contribution in [0, 0.1) is 0 Å². The van der Waals surface area contributed by atoms with Crippen LogP contribution in [0.5, 0.6) is 0 Å². The third-order valence-corrected chi connectivity index (χ3v) is 4.57. The zero-order valence-electron chi connectivity index (χ0n) is 13.1. The third-order valence-electron chi connectivity index (χ3n) is 3.11. The molecule has 20 heavy (non-hydrogen) atoms. The summed E-state index contributed by atoms with van der Waals surface area (Å²) in [7, 11) is 5.02. The lowest BCUT2D eigenvalue weighted by molar-refractivity contribution is 0.799. The first-order valence-corrected chi connectivity index (χ1v) is 8.02. The molecular formula is C18H24NP. The molecule has 0 aromatic heterocycles. The van der Waals surface area contributed by atoms with E-state index in [2.05, 4.69) is 88.3 Å². The fourth-order valence-electron chi connectivity index (χ4n) is 2.32. The van der Waals surface area contributed by atoms with Crippen LogP contribution in [0.1, 0.15) is 20.8 Å². The van der Waals surface area contributed by atoms with Gasteiger partial charge in [-0.15, -0.1) is 0 Å². The minimum Gasteiger partial charge on any atom is -0.377 e. The van der Waals surface area contributed by atoms with Crippen LogP contribution in [0.2, 0.25) is 0 Å². The third kappa shape index (κ3) is 3.61. The summed E-state index contributed by atoms with van der Waals surface area (Å²) in [6, 6.07) is 17.4. The normalized spacial score (nSPS) is 12.1. The van der Waals surface area contributed by atoms with Crippen molar-refractivity contribution in [2.24, 2.45) is 0 Å². The summed E-state index contributed by atoms with van der Waals surface area (Å²) in [6.07, 6.45) is 0. The van der Waals surface area contributed by atoms with E-state index in [0.29, 0.717) is 5.16 Å². The van der Waals surface area contributed by atoms with Crippen LogP contribution in [0.3, 0.4) is 0 Å². The molecule has 0 saturated heterocycles. The van der Waals surface area contributed by atoms with Gasteiger partial charge in [-0.2, -0.15) is 0 Å². The molecule has 0 aliphatic heterocycles. The Morgan fingerprint density at radius 1 is 0.800 bits per heavy atom. The van der Waals surface area contributed by atoms with Crippen molar-refractivity contribution in [1.29, 1.82) is 0 Å². The standard InChI is InChI=1S/C18H24NP/c1-18(2,3)20-17-13-9-7-11-15(17)14-10-6-8-12-16(14)19(4)5/h6-13,20H,1-5H3. The predicted molar refractivity (Wildman–Crippen MR) is 93.9 cm³/mol. The van der Waals surface area contributed by atoms with E-state index in [1.54, 1.807) is 0 Å². The molecule has 1 atom stereocenters. The first-order chi connectivity index (χ1) is 9.38. The Balaban J connectivity index is 2.54. The van der Waals surface area contributed by atoms with E-state index in [1.165, 1.54) is 22.1 Å².